The molecule has 15 heteroatoms. The molecule has 1 aromatic carbocycles. The van der Waals surface area contributed by atoms with Gasteiger partial charge in [0.05, 0.1) is 30.3 Å². The number of carbonyl (C=O) groups is 3. The standard InChI is InChI=1S/C41H68N8O7/c1-5-6-17-33(45-35(25-30-15-11-8-12-16-30)39(53)49-22-18-31(19-23-49)55-27-54-4)38(52)46-34(24-29-13-9-7-10-14-29)36(50)26-32(28(2)3)37(51)43-20-21-44-41-47-40(42)56-48-41/h8,11-12,15-16,28-29,31-36,45,50H,5-7,9-10,13-14,17-27H2,1-4H3,(H,43,51)(H,46,52)(H3,42,44,47,48). The molecule has 1 aliphatic heterocycles. The minimum absolute atomic E-state index is 0.0328. The van der Waals surface area contributed by atoms with E-state index in [1.807, 2.05) is 49.1 Å². The number of aromatic nitrogens is 2. The number of methoxy groups -OCH3 is 1. The quantitative estimate of drug-likeness (QED) is 0.0660. The molecule has 2 aliphatic rings. The molecule has 3 amide bonds. The van der Waals surface area contributed by atoms with E-state index in [0.29, 0.717) is 51.4 Å². The van der Waals surface area contributed by atoms with E-state index in [1.165, 1.54) is 6.42 Å². The number of piperidine rings is 1. The monoisotopic (exact) mass is 785 g/mol. The summed E-state index contributed by atoms with van der Waals surface area (Å²) >= 11 is 0. The van der Waals surface area contributed by atoms with Gasteiger partial charge in [0.15, 0.2) is 0 Å². The van der Waals surface area contributed by atoms with E-state index in [9.17, 15) is 19.5 Å². The predicted octanol–water partition coefficient (Wildman–Crippen LogP) is 4.03. The van der Waals surface area contributed by atoms with Crippen molar-refractivity contribution < 1.29 is 33.5 Å². The summed E-state index contributed by atoms with van der Waals surface area (Å²) in [7, 11) is 1.60. The smallest absolute Gasteiger partial charge is 0.320 e. The second-order valence-electron chi connectivity index (χ2n) is 15.9. The van der Waals surface area contributed by atoms with Gasteiger partial charge >= 0.3 is 6.01 Å². The molecule has 0 bridgehead atoms. The highest BCUT2D eigenvalue weighted by Gasteiger charge is 2.35. The minimum atomic E-state index is -0.949. The lowest BCUT2D eigenvalue weighted by molar-refractivity contribution is -0.139. The molecule has 0 spiro atoms. The number of likely N-dealkylation sites (tertiary alicyclic amines) is 1. The van der Waals surface area contributed by atoms with Gasteiger partial charge in [0.1, 0.15) is 6.79 Å². The van der Waals surface area contributed by atoms with Crippen molar-refractivity contribution in [1.29, 1.82) is 0 Å². The lowest BCUT2D eigenvalue weighted by atomic mass is 9.81. The Bertz CT molecular complexity index is 1430. The van der Waals surface area contributed by atoms with Crippen LogP contribution in [0.1, 0.15) is 103 Å². The topological polar surface area (TPSA) is 206 Å². The first-order valence-corrected chi connectivity index (χ1v) is 20.9. The number of nitrogens with zero attached hydrogens (tertiary/aromatic N) is 3. The van der Waals surface area contributed by atoms with Gasteiger partial charge in [-0.2, -0.15) is 4.98 Å². The summed E-state index contributed by atoms with van der Waals surface area (Å²) in [5, 5.41) is 28.3. The van der Waals surface area contributed by atoms with Crippen LogP contribution >= 0.6 is 0 Å². The molecule has 2 heterocycles. The Morgan fingerprint density at radius 1 is 1.02 bits per heavy atom. The van der Waals surface area contributed by atoms with Crippen molar-refractivity contribution in [3.63, 3.8) is 0 Å². The Morgan fingerprint density at radius 3 is 2.39 bits per heavy atom. The first-order valence-electron chi connectivity index (χ1n) is 20.9. The maximum Gasteiger partial charge on any atom is 0.320 e. The summed E-state index contributed by atoms with van der Waals surface area (Å²) in [6.07, 6.45) is 9.55. The zero-order chi connectivity index (χ0) is 40.3. The van der Waals surface area contributed by atoms with Crippen LogP contribution in [0, 0.1) is 17.8 Å². The molecule has 1 aliphatic carbocycles. The van der Waals surface area contributed by atoms with Gasteiger partial charge in [-0.1, -0.05) is 96.0 Å². The highest BCUT2D eigenvalue weighted by atomic mass is 16.7. The van der Waals surface area contributed by atoms with Crippen LogP contribution in [-0.4, -0.2) is 108 Å². The second kappa shape index (κ2) is 24.1. The number of aliphatic hydroxyl groups excluding tert-OH is 1. The molecule has 314 valence electrons. The number of nitrogens with one attached hydrogen (secondary N) is 4. The molecular formula is C41H68N8O7. The number of carbonyl (C=O) groups excluding carboxylic acids is 3. The van der Waals surface area contributed by atoms with Gasteiger partial charge in [0, 0.05) is 39.2 Å². The number of anilines is 2. The van der Waals surface area contributed by atoms with Crippen molar-refractivity contribution in [2.45, 2.75) is 135 Å². The number of amides is 3. The average molecular weight is 785 g/mol. The van der Waals surface area contributed by atoms with E-state index in [2.05, 4.69) is 38.3 Å². The first-order chi connectivity index (χ1) is 27.1. The van der Waals surface area contributed by atoms with Crippen molar-refractivity contribution in [2.75, 3.05) is 51.1 Å². The SMILES string of the molecule is CCCCC(NC(Cc1ccccc1)C(=O)N1CCC(OCOC)CC1)C(=O)NC(CC1CCCCC1)C(O)CC(C(=O)NCCNc1noc(N)n1)C(C)C. The number of unbranched alkanes of at least 4 members (excludes halogenated alkanes) is 1. The summed E-state index contributed by atoms with van der Waals surface area (Å²) in [5.74, 6) is -0.363. The van der Waals surface area contributed by atoms with E-state index < -0.39 is 30.1 Å². The van der Waals surface area contributed by atoms with Gasteiger partial charge in [-0.15, -0.1) is 0 Å². The maximum atomic E-state index is 14.4. The molecule has 1 saturated heterocycles. The van der Waals surface area contributed by atoms with E-state index in [1.54, 1.807) is 7.11 Å². The third-order valence-corrected chi connectivity index (χ3v) is 11.2. The molecule has 56 heavy (non-hydrogen) atoms. The lowest BCUT2D eigenvalue weighted by Crippen LogP contribution is -2.58. The molecule has 2 aromatic rings. The van der Waals surface area contributed by atoms with E-state index in [0.717, 1.165) is 56.9 Å². The molecule has 2 fully saturated rings. The third kappa shape index (κ3) is 14.9. The normalized spacial score (nSPS) is 18.2. The van der Waals surface area contributed by atoms with Gasteiger partial charge in [-0.05, 0) is 61.1 Å². The number of aliphatic hydroxyl groups is 1. The molecule has 5 atom stereocenters. The van der Waals surface area contributed by atoms with Gasteiger partial charge in [-0.25, -0.2) is 0 Å². The van der Waals surface area contributed by atoms with Crippen LogP contribution in [0.5, 0.6) is 0 Å². The molecular weight excluding hydrogens is 716 g/mol. The summed E-state index contributed by atoms with van der Waals surface area (Å²) in [5.41, 5.74) is 6.49. The van der Waals surface area contributed by atoms with E-state index in [4.69, 9.17) is 19.7 Å². The van der Waals surface area contributed by atoms with Gasteiger partial charge in [-0.3, -0.25) is 19.7 Å². The van der Waals surface area contributed by atoms with Crippen LogP contribution in [0.15, 0.2) is 34.9 Å². The fraction of sp³-hybridized carbons (Fsp3) is 0.732. The number of ether oxygens (including phenoxy) is 2. The minimum Gasteiger partial charge on any atom is -0.391 e. The van der Waals surface area contributed by atoms with Crippen LogP contribution in [-0.2, 0) is 30.3 Å². The summed E-state index contributed by atoms with van der Waals surface area (Å²) < 4.78 is 15.6. The zero-order valence-corrected chi connectivity index (χ0v) is 34.0. The number of rotatable bonds is 24. The van der Waals surface area contributed by atoms with Crippen LogP contribution in [0.3, 0.4) is 0 Å². The number of nitrogens with two attached hydrogens (primary N) is 1. The maximum absolute atomic E-state index is 14.4. The molecule has 4 rings (SSSR count). The molecule has 1 aromatic heterocycles. The average Bonchev–Trinajstić information content (AvgIpc) is 3.63. The van der Waals surface area contributed by atoms with Crippen LogP contribution in [0.4, 0.5) is 12.0 Å². The first kappa shape index (κ1) is 44.9. The Balaban J connectivity index is 1.47. The van der Waals surface area contributed by atoms with Crippen LogP contribution < -0.4 is 27.0 Å². The van der Waals surface area contributed by atoms with Crippen LogP contribution in [0.25, 0.3) is 0 Å². The second-order valence-corrected chi connectivity index (χ2v) is 15.9. The number of benzene rings is 1. The van der Waals surface area contributed by atoms with Gasteiger partial charge in [0.25, 0.3) is 5.95 Å². The number of nitrogen functional groups attached to an aromatic ring is 1. The van der Waals surface area contributed by atoms with Crippen molar-refractivity contribution >= 4 is 29.7 Å². The van der Waals surface area contributed by atoms with Gasteiger partial charge < -0.3 is 45.7 Å². The Kier molecular flexibility index (Phi) is 19.3. The van der Waals surface area contributed by atoms with Crippen molar-refractivity contribution in [3.05, 3.63) is 35.9 Å². The van der Waals surface area contributed by atoms with Gasteiger partial charge in [0.2, 0.25) is 17.7 Å². The zero-order valence-electron chi connectivity index (χ0n) is 34.0. The van der Waals surface area contributed by atoms with Crippen molar-refractivity contribution in [3.8, 4) is 0 Å². The van der Waals surface area contributed by atoms with E-state index >= 15 is 0 Å². The van der Waals surface area contributed by atoms with Crippen LogP contribution in [0.2, 0.25) is 0 Å². The Labute approximate surface area is 333 Å². The fourth-order valence-electron chi connectivity index (χ4n) is 7.92. The Morgan fingerprint density at radius 2 is 1.75 bits per heavy atom. The Hall–Kier alpha value is -3.79. The predicted molar refractivity (Wildman–Crippen MR) is 215 cm³/mol. The number of hydrogen-bond acceptors (Lipinski definition) is 12. The van der Waals surface area contributed by atoms with E-state index in [-0.39, 0.29) is 54.9 Å². The van der Waals surface area contributed by atoms with Crippen molar-refractivity contribution in [1.82, 2.24) is 31.0 Å². The largest absolute Gasteiger partial charge is 0.391 e. The molecule has 5 unspecified atom stereocenters. The third-order valence-electron chi connectivity index (χ3n) is 11.2. The molecule has 15 nitrogen and oxygen atoms in total. The molecule has 0 radical (unpaired) electrons. The summed E-state index contributed by atoms with van der Waals surface area (Å²) in [4.78, 5) is 47.9. The lowest BCUT2D eigenvalue weighted by Gasteiger charge is -2.36. The molecule has 7 N–H and O–H groups in total. The highest BCUT2D eigenvalue weighted by molar-refractivity contribution is 5.86. The molecule has 1 saturated carbocycles. The van der Waals surface area contributed by atoms with Crippen molar-refractivity contribution in [2.24, 2.45) is 17.8 Å². The highest BCUT2D eigenvalue weighted by Crippen LogP contribution is 2.30. The number of hydrogen-bond donors (Lipinski definition) is 6. The summed E-state index contributed by atoms with van der Waals surface area (Å²) in [6.45, 7) is 8.05. The summed E-state index contributed by atoms with van der Waals surface area (Å²) in [6, 6.07) is 8.02. The fourth-order valence-corrected chi connectivity index (χ4v) is 7.92.